The average Bonchev–Trinajstić information content (AvgIpc) is 2.72. The molecule has 0 spiro atoms. The number of amides is 1. The third-order valence-electron chi connectivity index (χ3n) is 3.98. The molecule has 116 valence electrons. The van der Waals surface area contributed by atoms with Crippen LogP contribution < -0.4 is 5.32 Å². The van der Waals surface area contributed by atoms with Crippen molar-refractivity contribution >= 4 is 34.5 Å². The quantitative estimate of drug-likeness (QED) is 0.744. The van der Waals surface area contributed by atoms with Crippen LogP contribution in [0.1, 0.15) is 22.1 Å². The van der Waals surface area contributed by atoms with Gasteiger partial charge in [-0.2, -0.15) is 5.10 Å². The number of nitrogens with one attached hydrogen (secondary N) is 1. The van der Waals surface area contributed by atoms with E-state index in [4.69, 9.17) is 0 Å². The first-order chi connectivity index (χ1) is 11.1. The molecule has 6 nitrogen and oxygen atoms in total. The molecule has 1 aliphatic rings. The summed E-state index contributed by atoms with van der Waals surface area (Å²) in [7, 11) is 1.85. The molecule has 0 bridgehead atoms. The van der Waals surface area contributed by atoms with Crippen LogP contribution in [0.15, 0.2) is 30.6 Å². The number of benzene rings is 1. The number of anilines is 1. The van der Waals surface area contributed by atoms with E-state index in [0.29, 0.717) is 5.75 Å². The number of carbonyl (C=O) groups is 1. The van der Waals surface area contributed by atoms with Crippen LogP contribution in [0.25, 0.3) is 11.0 Å². The fourth-order valence-corrected chi connectivity index (χ4v) is 4.23. The molecule has 0 saturated heterocycles. The SMILES string of the molecule is Cc1nn(C)c2c1[C@H](c1cccc3nccnc13)SCC(=O)N2. The highest BCUT2D eigenvalue weighted by Gasteiger charge is 2.30. The van der Waals surface area contributed by atoms with Gasteiger partial charge in [-0.3, -0.25) is 19.4 Å². The molecule has 3 aromatic rings. The minimum absolute atomic E-state index is 0.00181. The molecule has 1 aliphatic heterocycles. The topological polar surface area (TPSA) is 72.7 Å². The highest BCUT2D eigenvalue weighted by Crippen LogP contribution is 2.44. The average molecular weight is 325 g/mol. The van der Waals surface area contributed by atoms with E-state index in [9.17, 15) is 4.79 Å². The molecule has 1 atom stereocenters. The van der Waals surface area contributed by atoms with Gasteiger partial charge in [-0.15, -0.1) is 11.8 Å². The van der Waals surface area contributed by atoms with Crippen molar-refractivity contribution in [1.29, 1.82) is 0 Å². The highest BCUT2D eigenvalue weighted by atomic mass is 32.2. The second-order valence-corrected chi connectivity index (χ2v) is 6.58. The zero-order valence-corrected chi connectivity index (χ0v) is 13.6. The van der Waals surface area contributed by atoms with Crippen molar-refractivity contribution < 1.29 is 4.79 Å². The van der Waals surface area contributed by atoms with Gasteiger partial charge in [0.05, 0.1) is 27.7 Å². The Morgan fingerprint density at radius 3 is 3.00 bits per heavy atom. The standard InChI is InChI=1S/C16H15N5OS/c1-9-13-15(23-8-12(22)19-16(13)21(2)20-9)10-4-3-5-11-14(10)18-7-6-17-11/h3-7,15H,8H2,1-2H3,(H,19,22)/t15-/m0/s1. The van der Waals surface area contributed by atoms with E-state index in [1.807, 2.05) is 26.1 Å². The predicted octanol–water partition coefficient (Wildman–Crippen LogP) is 2.45. The Morgan fingerprint density at radius 2 is 2.13 bits per heavy atom. The van der Waals surface area contributed by atoms with Gasteiger partial charge in [0, 0.05) is 25.0 Å². The van der Waals surface area contributed by atoms with Crippen LogP contribution in [0.4, 0.5) is 5.82 Å². The second-order valence-electron chi connectivity index (χ2n) is 5.48. The van der Waals surface area contributed by atoms with Crippen LogP contribution in [-0.2, 0) is 11.8 Å². The number of carbonyl (C=O) groups excluding carboxylic acids is 1. The summed E-state index contributed by atoms with van der Waals surface area (Å²) in [6.07, 6.45) is 3.39. The lowest BCUT2D eigenvalue weighted by atomic mass is 10.0. The van der Waals surface area contributed by atoms with E-state index < -0.39 is 0 Å². The van der Waals surface area contributed by atoms with Crippen molar-refractivity contribution in [3.8, 4) is 0 Å². The van der Waals surface area contributed by atoms with Crippen molar-refractivity contribution in [2.75, 3.05) is 11.1 Å². The number of aromatic nitrogens is 4. The van der Waals surface area contributed by atoms with Crippen molar-refractivity contribution in [3.05, 3.63) is 47.4 Å². The van der Waals surface area contributed by atoms with Crippen LogP contribution in [0.3, 0.4) is 0 Å². The number of nitrogens with zero attached hydrogens (tertiary/aromatic N) is 4. The number of aryl methyl sites for hydroxylation is 2. The predicted molar refractivity (Wildman–Crippen MR) is 90.4 cm³/mol. The van der Waals surface area contributed by atoms with Gasteiger partial charge < -0.3 is 5.32 Å². The Hall–Kier alpha value is -2.41. The Bertz CT molecular complexity index is 915. The third kappa shape index (κ3) is 2.28. The lowest BCUT2D eigenvalue weighted by molar-refractivity contribution is -0.113. The van der Waals surface area contributed by atoms with Crippen LogP contribution in [0, 0.1) is 6.92 Å². The van der Waals surface area contributed by atoms with E-state index in [-0.39, 0.29) is 11.2 Å². The Morgan fingerprint density at radius 1 is 1.30 bits per heavy atom. The van der Waals surface area contributed by atoms with Gasteiger partial charge in [-0.1, -0.05) is 12.1 Å². The van der Waals surface area contributed by atoms with Crippen molar-refractivity contribution in [1.82, 2.24) is 19.7 Å². The molecular formula is C16H15N5OS. The normalized spacial score (nSPS) is 17.7. The molecule has 0 saturated carbocycles. The Balaban J connectivity index is 1.96. The van der Waals surface area contributed by atoms with Crippen LogP contribution in [0.2, 0.25) is 0 Å². The summed E-state index contributed by atoms with van der Waals surface area (Å²) in [6.45, 7) is 1.97. The van der Waals surface area contributed by atoms with Crippen molar-refractivity contribution in [2.45, 2.75) is 12.2 Å². The van der Waals surface area contributed by atoms with E-state index >= 15 is 0 Å². The maximum atomic E-state index is 12.0. The molecular weight excluding hydrogens is 310 g/mol. The first-order valence-electron chi connectivity index (χ1n) is 7.29. The molecule has 7 heteroatoms. The van der Waals surface area contributed by atoms with Gasteiger partial charge >= 0.3 is 0 Å². The number of hydrogen-bond donors (Lipinski definition) is 1. The Labute approximate surface area is 137 Å². The number of rotatable bonds is 1. The summed E-state index contributed by atoms with van der Waals surface area (Å²) < 4.78 is 1.73. The minimum Gasteiger partial charge on any atom is -0.310 e. The van der Waals surface area contributed by atoms with E-state index in [2.05, 4.69) is 26.4 Å². The molecule has 0 fully saturated rings. The first-order valence-corrected chi connectivity index (χ1v) is 8.34. The van der Waals surface area contributed by atoms with Gasteiger partial charge in [-0.25, -0.2) is 0 Å². The molecule has 2 aromatic heterocycles. The summed E-state index contributed by atoms with van der Waals surface area (Å²) in [5.41, 5.74) is 4.76. The first kappa shape index (κ1) is 14.2. The molecule has 1 amide bonds. The number of para-hydroxylation sites is 1. The minimum atomic E-state index is -0.00642. The van der Waals surface area contributed by atoms with E-state index in [1.54, 1.807) is 28.8 Å². The van der Waals surface area contributed by atoms with Crippen molar-refractivity contribution in [3.63, 3.8) is 0 Å². The van der Waals surface area contributed by atoms with Crippen molar-refractivity contribution in [2.24, 2.45) is 7.05 Å². The summed E-state index contributed by atoms with van der Waals surface area (Å²) in [4.78, 5) is 20.9. The lowest BCUT2D eigenvalue weighted by Crippen LogP contribution is -2.15. The number of fused-ring (bicyclic) bond motifs is 2. The fraction of sp³-hybridized carbons (Fsp3) is 0.250. The van der Waals surface area contributed by atoms with Gasteiger partial charge in [0.25, 0.3) is 0 Å². The zero-order valence-electron chi connectivity index (χ0n) is 12.8. The number of hydrogen-bond acceptors (Lipinski definition) is 5. The highest BCUT2D eigenvalue weighted by molar-refractivity contribution is 8.00. The Kier molecular flexibility index (Phi) is 3.30. The van der Waals surface area contributed by atoms with Gasteiger partial charge in [-0.05, 0) is 18.6 Å². The molecule has 0 unspecified atom stereocenters. The molecule has 23 heavy (non-hydrogen) atoms. The van der Waals surface area contributed by atoms with E-state index in [1.165, 1.54) is 0 Å². The van der Waals surface area contributed by atoms with E-state index in [0.717, 1.165) is 33.7 Å². The van der Waals surface area contributed by atoms with Gasteiger partial charge in [0.1, 0.15) is 5.82 Å². The smallest absolute Gasteiger partial charge is 0.235 e. The molecule has 0 radical (unpaired) electrons. The maximum Gasteiger partial charge on any atom is 0.235 e. The zero-order chi connectivity index (χ0) is 16.0. The summed E-state index contributed by atoms with van der Waals surface area (Å²) >= 11 is 1.60. The van der Waals surface area contributed by atoms with Gasteiger partial charge in [0.15, 0.2) is 0 Å². The molecule has 4 rings (SSSR count). The monoisotopic (exact) mass is 325 g/mol. The summed E-state index contributed by atoms with van der Waals surface area (Å²) in [6, 6.07) is 5.99. The van der Waals surface area contributed by atoms with Crippen LogP contribution in [0.5, 0.6) is 0 Å². The molecule has 3 heterocycles. The summed E-state index contributed by atoms with van der Waals surface area (Å²) in [5.74, 6) is 1.16. The maximum absolute atomic E-state index is 12.0. The second kappa shape index (κ2) is 5.34. The largest absolute Gasteiger partial charge is 0.310 e. The third-order valence-corrected chi connectivity index (χ3v) is 5.23. The van der Waals surface area contributed by atoms with Gasteiger partial charge in [0.2, 0.25) is 5.91 Å². The van der Waals surface area contributed by atoms with Crippen LogP contribution in [-0.4, -0.2) is 31.4 Å². The molecule has 1 N–H and O–H groups in total. The summed E-state index contributed by atoms with van der Waals surface area (Å²) in [5, 5.41) is 7.44. The lowest BCUT2D eigenvalue weighted by Gasteiger charge is -2.16. The van der Waals surface area contributed by atoms with Crippen LogP contribution >= 0.6 is 11.8 Å². The molecule has 0 aliphatic carbocycles. The molecule has 1 aromatic carbocycles. The fourth-order valence-electron chi connectivity index (χ4n) is 3.02. The number of thioether (sulfide) groups is 1.